The van der Waals surface area contributed by atoms with E-state index in [4.69, 9.17) is 9.47 Å². The molecule has 6 nitrogen and oxygen atoms in total. The van der Waals surface area contributed by atoms with Crippen molar-refractivity contribution in [1.29, 1.82) is 0 Å². The van der Waals surface area contributed by atoms with E-state index in [2.05, 4.69) is 12.2 Å². The van der Waals surface area contributed by atoms with Crippen molar-refractivity contribution in [3.8, 4) is 11.5 Å². The largest absolute Gasteiger partial charge is 0.494 e. The number of piperidine rings is 1. The normalized spacial score (nSPS) is 18.1. The summed E-state index contributed by atoms with van der Waals surface area (Å²) in [5.74, 6) is 1.69. The Morgan fingerprint density at radius 3 is 2.66 bits per heavy atom. The maximum Gasteiger partial charge on any atom is 0.254 e. The Labute approximate surface area is 189 Å². The number of nitrogens with one attached hydrogen (secondary N) is 1. The van der Waals surface area contributed by atoms with Gasteiger partial charge in [-0.3, -0.25) is 9.59 Å². The van der Waals surface area contributed by atoms with Gasteiger partial charge in [0.05, 0.1) is 6.61 Å². The van der Waals surface area contributed by atoms with E-state index in [1.165, 1.54) is 0 Å². The molecule has 1 fully saturated rings. The van der Waals surface area contributed by atoms with Crippen LogP contribution in [0.3, 0.4) is 0 Å². The topological polar surface area (TPSA) is 67.9 Å². The number of likely N-dealkylation sites (tertiary alicyclic amines) is 1. The molecule has 0 spiro atoms. The Hall–Kier alpha value is -3.02. The lowest BCUT2D eigenvalue weighted by atomic mass is 9.95. The Morgan fingerprint density at radius 1 is 1.19 bits per heavy atom. The number of aryl methyl sites for hydroxylation is 1. The van der Waals surface area contributed by atoms with E-state index in [1.807, 2.05) is 55.1 Å². The average molecular weight is 437 g/mol. The average Bonchev–Trinajstić information content (AvgIpc) is 3.16. The number of carbonyl (C=O) groups excluding carboxylic acids is 2. The molecule has 2 amide bonds. The van der Waals surface area contributed by atoms with Crippen LogP contribution in [0.2, 0.25) is 0 Å². The number of nitrogens with zero attached hydrogens (tertiary/aromatic N) is 1. The lowest BCUT2D eigenvalue weighted by molar-refractivity contribution is -0.126. The number of hydrogen-bond donors (Lipinski definition) is 1. The van der Waals surface area contributed by atoms with Gasteiger partial charge in [-0.15, -0.1) is 0 Å². The Kier molecular flexibility index (Phi) is 6.68. The predicted molar refractivity (Wildman–Crippen MR) is 123 cm³/mol. The molecule has 0 aromatic heterocycles. The lowest BCUT2D eigenvalue weighted by Crippen LogP contribution is -2.43. The number of hydrogen-bond acceptors (Lipinski definition) is 4. The fourth-order valence-corrected chi connectivity index (χ4v) is 4.56. The number of benzene rings is 2. The first-order chi connectivity index (χ1) is 15.5. The molecule has 0 saturated carbocycles. The Morgan fingerprint density at radius 2 is 1.94 bits per heavy atom. The molecule has 170 valence electrons. The highest BCUT2D eigenvalue weighted by Crippen LogP contribution is 2.35. The standard InChI is InChI=1S/C26H32N2O4/c1-4-31-23-14-20-13-18(3)32-24(20)15-21(23)16-27-25(29)19-9-11-28(12-10-19)26(30)22-8-6-5-7-17(22)2/h5-8,14-15,18-19H,4,9-13,16H2,1-3H3,(H,27,29)/t18-/m1/s1. The van der Waals surface area contributed by atoms with Crippen LogP contribution in [-0.2, 0) is 17.8 Å². The van der Waals surface area contributed by atoms with Gasteiger partial charge in [0.2, 0.25) is 5.91 Å². The van der Waals surface area contributed by atoms with Crippen LogP contribution in [0.25, 0.3) is 0 Å². The van der Waals surface area contributed by atoms with Gasteiger partial charge in [-0.1, -0.05) is 18.2 Å². The molecular weight excluding hydrogens is 404 g/mol. The number of amides is 2. The third-order valence-electron chi connectivity index (χ3n) is 6.36. The van der Waals surface area contributed by atoms with Crippen molar-refractivity contribution in [3.05, 3.63) is 58.7 Å². The lowest BCUT2D eigenvalue weighted by Gasteiger charge is -2.31. The number of fused-ring (bicyclic) bond motifs is 1. The van der Waals surface area contributed by atoms with E-state index in [1.54, 1.807) is 0 Å². The summed E-state index contributed by atoms with van der Waals surface area (Å²) in [5.41, 5.74) is 3.81. The van der Waals surface area contributed by atoms with Gasteiger partial charge in [0.25, 0.3) is 5.91 Å². The second kappa shape index (κ2) is 9.63. The number of ether oxygens (including phenoxy) is 2. The van der Waals surface area contributed by atoms with E-state index in [0.717, 1.165) is 40.2 Å². The maximum atomic E-state index is 12.8. The van der Waals surface area contributed by atoms with Gasteiger partial charge in [0.1, 0.15) is 17.6 Å². The van der Waals surface area contributed by atoms with Gasteiger partial charge in [0, 0.05) is 48.7 Å². The Bertz CT molecular complexity index is 995. The smallest absolute Gasteiger partial charge is 0.254 e. The van der Waals surface area contributed by atoms with Gasteiger partial charge >= 0.3 is 0 Å². The van der Waals surface area contributed by atoms with Crippen molar-refractivity contribution in [1.82, 2.24) is 10.2 Å². The first-order valence-electron chi connectivity index (χ1n) is 11.5. The van der Waals surface area contributed by atoms with Crippen LogP contribution in [0.1, 0.15) is 53.7 Å². The number of rotatable bonds is 6. The summed E-state index contributed by atoms with van der Waals surface area (Å²) < 4.78 is 11.7. The summed E-state index contributed by atoms with van der Waals surface area (Å²) in [5, 5.41) is 3.08. The molecule has 2 aromatic carbocycles. The van der Waals surface area contributed by atoms with Gasteiger partial charge in [-0.2, -0.15) is 0 Å². The van der Waals surface area contributed by atoms with Crippen LogP contribution >= 0.6 is 0 Å². The second-order valence-corrected chi connectivity index (χ2v) is 8.73. The monoisotopic (exact) mass is 436 g/mol. The van der Waals surface area contributed by atoms with Crippen LogP contribution in [0.5, 0.6) is 11.5 Å². The highest BCUT2D eigenvalue weighted by atomic mass is 16.5. The van der Waals surface area contributed by atoms with Crippen LogP contribution in [0.4, 0.5) is 0 Å². The molecule has 4 rings (SSSR count). The zero-order valence-electron chi connectivity index (χ0n) is 19.1. The third-order valence-corrected chi connectivity index (χ3v) is 6.36. The quantitative estimate of drug-likeness (QED) is 0.746. The maximum absolute atomic E-state index is 12.8. The molecule has 1 saturated heterocycles. The minimum Gasteiger partial charge on any atom is -0.494 e. The van der Waals surface area contributed by atoms with Crippen molar-refractivity contribution >= 4 is 11.8 Å². The van der Waals surface area contributed by atoms with E-state index < -0.39 is 0 Å². The molecule has 2 aliphatic heterocycles. The molecule has 0 aliphatic carbocycles. The molecule has 2 aliphatic rings. The van der Waals surface area contributed by atoms with Crippen molar-refractivity contribution in [2.24, 2.45) is 5.92 Å². The van der Waals surface area contributed by atoms with Crippen LogP contribution in [0.15, 0.2) is 36.4 Å². The third kappa shape index (κ3) is 4.74. The summed E-state index contributed by atoms with van der Waals surface area (Å²) in [6, 6.07) is 11.7. The fraction of sp³-hybridized carbons (Fsp3) is 0.462. The Balaban J connectivity index is 1.34. The van der Waals surface area contributed by atoms with E-state index in [0.29, 0.717) is 39.1 Å². The summed E-state index contributed by atoms with van der Waals surface area (Å²) in [6.07, 6.45) is 2.39. The summed E-state index contributed by atoms with van der Waals surface area (Å²) >= 11 is 0. The van der Waals surface area contributed by atoms with E-state index in [-0.39, 0.29) is 23.8 Å². The highest BCUT2D eigenvalue weighted by molar-refractivity contribution is 5.95. The first-order valence-corrected chi connectivity index (χ1v) is 11.5. The molecular formula is C26H32N2O4. The van der Waals surface area contributed by atoms with Crippen molar-refractivity contribution < 1.29 is 19.1 Å². The fourth-order valence-electron chi connectivity index (χ4n) is 4.56. The molecule has 0 bridgehead atoms. The van der Waals surface area contributed by atoms with Gasteiger partial charge in [0.15, 0.2) is 0 Å². The molecule has 0 radical (unpaired) electrons. The zero-order valence-corrected chi connectivity index (χ0v) is 19.1. The summed E-state index contributed by atoms with van der Waals surface area (Å²) in [6.45, 7) is 8.14. The number of carbonyl (C=O) groups is 2. The molecule has 1 N–H and O–H groups in total. The minimum atomic E-state index is -0.0860. The van der Waals surface area contributed by atoms with Crippen LogP contribution < -0.4 is 14.8 Å². The predicted octanol–water partition coefficient (Wildman–Crippen LogP) is 3.89. The van der Waals surface area contributed by atoms with Gasteiger partial charge in [-0.25, -0.2) is 0 Å². The molecule has 1 atom stereocenters. The second-order valence-electron chi connectivity index (χ2n) is 8.73. The molecule has 0 unspecified atom stereocenters. The van der Waals surface area contributed by atoms with Gasteiger partial charge in [-0.05, 0) is 57.4 Å². The van der Waals surface area contributed by atoms with Gasteiger partial charge < -0.3 is 19.7 Å². The molecule has 6 heteroatoms. The SMILES string of the molecule is CCOc1cc2c(cc1CNC(=O)C1CCN(C(=O)c3ccccc3C)CC1)O[C@H](C)C2. The summed E-state index contributed by atoms with van der Waals surface area (Å²) in [7, 11) is 0. The van der Waals surface area contributed by atoms with Crippen LogP contribution in [0, 0.1) is 12.8 Å². The van der Waals surface area contributed by atoms with Crippen LogP contribution in [-0.4, -0.2) is 42.5 Å². The minimum absolute atomic E-state index is 0.0326. The first kappa shape index (κ1) is 22.2. The zero-order chi connectivity index (χ0) is 22.7. The molecule has 2 aromatic rings. The summed E-state index contributed by atoms with van der Waals surface area (Å²) in [4.78, 5) is 27.5. The van der Waals surface area contributed by atoms with Crippen molar-refractivity contribution in [3.63, 3.8) is 0 Å². The molecule has 2 heterocycles. The molecule has 32 heavy (non-hydrogen) atoms. The van der Waals surface area contributed by atoms with E-state index in [9.17, 15) is 9.59 Å². The van der Waals surface area contributed by atoms with Crippen molar-refractivity contribution in [2.45, 2.75) is 52.7 Å². The van der Waals surface area contributed by atoms with Crippen molar-refractivity contribution in [2.75, 3.05) is 19.7 Å². The van der Waals surface area contributed by atoms with E-state index >= 15 is 0 Å². The highest BCUT2D eigenvalue weighted by Gasteiger charge is 2.28.